The monoisotopic (exact) mass is 679 g/mol. The van der Waals surface area contributed by atoms with Crippen molar-refractivity contribution < 1.29 is 38.5 Å². The number of aliphatic hydroxyl groups excluding tert-OH is 1. The molecule has 7 atom stereocenters. The Hall–Kier alpha value is -4.03. The lowest BCUT2D eigenvalue weighted by Crippen LogP contribution is -2.56. The Kier molecular flexibility index (Phi) is 11.4. The van der Waals surface area contributed by atoms with E-state index in [4.69, 9.17) is 25.8 Å². The van der Waals surface area contributed by atoms with E-state index in [0.717, 1.165) is 0 Å². The highest BCUT2D eigenvalue weighted by molar-refractivity contribution is 6.30. The second-order valence-electron chi connectivity index (χ2n) is 12.2. The molecule has 3 aliphatic heterocycles. The fourth-order valence-electron chi connectivity index (χ4n) is 7.39. The minimum Gasteiger partial charge on any atom is -0.455 e. The lowest BCUT2D eigenvalue weighted by Gasteiger charge is -2.36. The second-order valence-corrected chi connectivity index (χ2v) is 12.7. The topological polar surface area (TPSA) is 135 Å². The zero-order valence-electron chi connectivity index (χ0n) is 27.0. The molecule has 0 aromatic heterocycles. The van der Waals surface area contributed by atoms with E-state index in [-0.39, 0.29) is 38.6 Å². The third kappa shape index (κ3) is 6.78. The molecule has 0 radical (unpaired) electrons. The molecule has 1 spiro atoms. The number of carbonyl (C=O) groups excluding carboxylic acids is 4. The number of allylic oxidation sites excluding steroid dienone is 1. The van der Waals surface area contributed by atoms with Crippen LogP contribution in [0, 0.1) is 11.8 Å². The van der Waals surface area contributed by atoms with Gasteiger partial charge in [0, 0.05) is 37.3 Å². The van der Waals surface area contributed by atoms with Crippen molar-refractivity contribution in [2.75, 3.05) is 38.3 Å². The summed E-state index contributed by atoms with van der Waals surface area (Å²) in [5, 5.41) is 13.4. The minimum absolute atomic E-state index is 0.0499. The second kappa shape index (κ2) is 15.5. The number of aliphatic hydroxyl groups is 1. The van der Waals surface area contributed by atoms with Crippen LogP contribution in [0.15, 0.2) is 79.9 Å². The standard InChI is InChI=1S/C36H42ClN3O8/c1-4-6-12-28(42)38-26(22-46-3)31(23-10-8-7-9-11-23)47-35(45)29-27-17-18-36(48-27)30(29)33(43)40(20-21-41)32(36)34(44)39(19-5-2)25-15-13-24(37)14-16-25/h4-5,7-11,13-16,26-27,29-32,41H,1-2,6,12,17-22H2,3H3,(H,38,42)/t26-,27-,29+,30+,31-,32-,36+/m1/s1. The van der Waals surface area contributed by atoms with Crippen molar-refractivity contribution in [3.63, 3.8) is 0 Å². The molecule has 5 rings (SSSR count). The molecule has 2 aromatic carbocycles. The van der Waals surface area contributed by atoms with E-state index in [1.165, 1.54) is 16.9 Å². The summed E-state index contributed by atoms with van der Waals surface area (Å²) < 4.78 is 18.2. The van der Waals surface area contributed by atoms with Crippen molar-refractivity contribution in [1.82, 2.24) is 10.2 Å². The summed E-state index contributed by atoms with van der Waals surface area (Å²) in [6, 6.07) is 13.9. The smallest absolute Gasteiger partial charge is 0.313 e. The van der Waals surface area contributed by atoms with E-state index in [2.05, 4.69) is 18.5 Å². The Morgan fingerprint density at radius 3 is 2.54 bits per heavy atom. The number of carbonyl (C=O) groups is 4. The number of likely N-dealkylation sites (tertiary alicyclic amines) is 1. The molecule has 0 saturated carbocycles. The van der Waals surface area contributed by atoms with Crippen molar-refractivity contribution in [1.29, 1.82) is 0 Å². The van der Waals surface area contributed by atoms with Gasteiger partial charge in [-0.25, -0.2) is 0 Å². The number of hydrogen-bond acceptors (Lipinski definition) is 8. The SMILES string of the molecule is C=CCCC(=O)N[C@H](COC)[C@H](OC(=O)[C@@H]1[C@H]2C(=O)N(CCO)[C@H](C(=O)N(CC=C)c3ccc(Cl)cc3)[C@]23CC[C@H]1O3)c1ccccc1. The van der Waals surface area contributed by atoms with Crippen LogP contribution in [0.25, 0.3) is 0 Å². The molecule has 2 bridgehead atoms. The average molecular weight is 680 g/mol. The summed E-state index contributed by atoms with van der Waals surface area (Å²) in [7, 11) is 1.49. The quantitative estimate of drug-likeness (QED) is 0.203. The van der Waals surface area contributed by atoms with Gasteiger partial charge in [-0.3, -0.25) is 19.2 Å². The lowest BCUT2D eigenvalue weighted by atomic mass is 9.70. The van der Waals surface area contributed by atoms with Crippen molar-refractivity contribution in [3.05, 3.63) is 90.5 Å². The van der Waals surface area contributed by atoms with E-state index < -0.39 is 59.5 Å². The van der Waals surface area contributed by atoms with E-state index in [0.29, 0.717) is 35.5 Å². The van der Waals surface area contributed by atoms with Crippen LogP contribution in [0.4, 0.5) is 5.69 Å². The molecule has 0 aliphatic carbocycles. The number of benzene rings is 2. The van der Waals surface area contributed by atoms with E-state index in [1.807, 2.05) is 6.07 Å². The maximum absolute atomic E-state index is 14.5. The van der Waals surface area contributed by atoms with Gasteiger partial charge >= 0.3 is 5.97 Å². The highest BCUT2D eigenvalue weighted by Crippen LogP contribution is 2.59. The Bertz CT molecular complexity index is 1500. The highest BCUT2D eigenvalue weighted by atomic mass is 35.5. The fraction of sp³-hybridized carbons (Fsp3) is 0.444. The number of rotatable bonds is 16. The maximum Gasteiger partial charge on any atom is 0.313 e. The van der Waals surface area contributed by atoms with Crippen LogP contribution in [0.1, 0.15) is 37.4 Å². The van der Waals surface area contributed by atoms with Gasteiger partial charge in [-0.1, -0.05) is 54.1 Å². The molecule has 3 aliphatic rings. The summed E-state index contributed by atoms with van der Waals surface area (Å²) >= 11 is 6.11. The van der Waals surface area contributed by atoms with E-state index in [9.17, 15) is 24.3 Å². The minimum atomic E-state index is -1.31. The Balaban J connectivity index is 1.47. The largest absolute Gasteiger partial charge is 0.455 e. The van der Waals surface area contributed by atoms with Crippen LogP contribution in [0.2, 0.25) is 5.02 Å². The number of fused-ring (bicyclic) bond motifs is 1. The molecule has 48 heavy (non-hydrogen) atoms. The first-order valence-electron chi connectivity index (χ1n) is 16.1. The van der Waals surface area contributed by atoms with Crippen molar-refractivity contribution in [3.8, 4) is 0 Å². The first kappa shape index (κ1) is 35.3. The number of nitrogens with zero attached hydrogens (tertiary/aromatic N) is 2. The Morgan fingerprint density at radius 1 is 1.17 bits per heavy atom. The summed E-state index contributed by atoms with van der Waals surface area (Å²) in [4.78, 5) is 58.6. The van der Waals surface area contributed by atoms with Crippen LogP contribution in [0.3, 0.4) is 0 Å². The molecule has 11 nitrogen and oxygen atoms in total. The number of methoxy groups -OCH3 is 1. The van der Waals surface area contributed by atoms with Gasteiger partial charge in [0.1, 0.15) is 17.7 Å². The first-order chi connectivity index (χ1) is 23.2. The summed E-state index contributed by atoms with van der Waals surface area (Å²) in [5.74, 6) is -3.83. The van der Waals surface area contributed by atoms with Crippen LogP contribution in [-0.4, -0.2) is 90.9 Å². The van der Waals surface area contributed by atoms with Crippen molar-refractivity contribution >= 4 is 41.0 Å². The zero-order valence-corrected chi connectivity index (χ0v) is 27.7. The molecule has 2 aromatic rings. The fourth-order valence-corrected chi connectivity index (χ4v) is 7.52. The van der Waals surface area contributed by atoms with Crippen molar-refractivity contribution in [2.45, 2.75) is 55.6 Å². The molecule has 3 heterocycles. The Labute approximate surface area is 285 Å². The summed E-state index contributed by atoms with van der Waals surface area (Å²) in [5.41, 5.74) is -0.128. The Morgan fingerprint density at radius 2 is 1.90 bits per heavy atom. The van der Waals surface area contributed by atoms with Crippen LogP contribution < -0.4 is 10.2 Å². The number of nitrogens with one attached hydrogen (secondary N) is 1. The number of amides is 3. The lowest BCUT2D eigenvalue weighted by molar-refractivity contribution is -0.163. The molecule has 2 N–H and O–H groups in total. The van der Waals surface area contributed by atoms with E-state index >= 15 is 0 Å². The van der Waals surface area contributed by atoms with Gasteiger partial charge in [-0.15, -0.1) is 13.2 Å². The van der Waals surface area contributed by atoms with Gasteiger partial charge in [0.25, 0.3) is 5.91 Å². The number of β-amino-alcohol motifs (C(OH)–C–C–N with tert-alkyl or cyclic N) is 1. The molecular weight excluding hydrogens is 638 g/mol. The molecule has 3 amide bonds. The zero-order chi connectivity index (χ0) is 34.4. The number of halogens is 1. The molecular formula is C36H42ClN3O8. The third-order valence-corrected chi connectivity index (χ3v) is 9.62. The number of esters is 1. The maximum atomic E-state index is 14.5. The molecule has 256 valence electrons. The predicted molar refractivity (Wildman–Crippen MR) is 179 cm³/mol. The van der Waals surface area contributed by atoms with Gasteiger partial charge in [-0.05, 0) is 49.1 Å². The van der Waals surface area contributed by atoms with Gasteiger partial charge in [-0.2, -0.15) is 0 Å². The molecule has 0 unspecified atom stereocenters. The van der Waals surface area contributed by atoms with Crippen LogP contribution >= 0.6 is 11.6 Å². The van der Waals surface area contributed by atoms with Gasteiger partial charge in [0.2, 0.25) is 11.8 Å². The summed E-state index contributed by atoms with van der Waals surface area (Å²) in [6.07, 6.45) is 3.08. The van der Waals surface area contributed by atoms with Crippen LogP contribution in [-0.2, 0) is 33.4 Å². The first-order valence-corrected chi connectivity index (χ1v) is 16.5. The van der Waals surface area contributed by atoms with Gasteiger partial charge in [0.05, 0.1) is 37.2 Å². The normalized spacial score (nSPS) is 25.2. The van der Waals surface area contributed by atoms with Gasteiger partial charge in [0.15, 0.2) is 0 Å². The number of ether oxygens (including phenoxy) is 3. The third-order valence-electron chi connectivity index (χ3n) is 9.37. The molecule has 3 fully saturated rings. The van der Waals surface area contributed by atoms with Crippen molar-refractivity contribution in [2.24, 2.45) is 11.8 Å². The average Bonchev–Trinajstić information content (AvgIpc) is 3.73. The van der Waals surface area contributed by atoms with Crippen LogP contribution in [0.5, 0.6) is 0 Å². The number of anilines is 1. The summed E-state index contributed by atoms with van der Waals surface area (Å²) in [6.45, 7) is 7.17. The highest BCUT2D eigenvalue weighted by Gasteiger charge is 2.75. The van der Waals surface area contributed by atoms with Gasteiger partial charge < -0.3 is 34.4 Å². The van der Waals surface area contributed by atoms with E-state index in [1.54, 1.807) is 60.7 Å². The predicted octanol–water partition coefficient (Wildman–Crippen LogP) is 3.61. The molecule has 3 saturated heterocycles. The molecule has 12 heteroatoms. The number of hydrogen-bond donors (Lipinski definition) is 2.